The number of hydrogen-bond donors (Lipinski definition) is 0. The second kappa shape index (κ2) is 13.7. The number of nitrogens with zero attached hydrogens (tertiary/aromatic N) is 1. The molecule has 0 aliphatic heterocycles. The van der Waals surface area contributed by atoms with Crippen molar-refractivity contribution < 1.29 is 13.9 Å². The highest BCUT2D eigenvalue weighted by molar-refractivity contribution is 5.62. The molecule has 162 valence electrons. The van der Waals surface area contributed by atoms with Crippen molar-refractivity contribution in [3.63, 3.8) is 0 Å². The molecule has 0 N–H and O–H groups in total. The van der Waals surface area contributed by atoms with Crippen LogP contribution in [0, 0.1) is 5.82 Å². The van der Waals surface area contributed by atoms with E-state index < -0.39 is 5.82 Å². The zero-order valence-electron chi connectivity index (χ0n) is 18.3. The molecule has 2 rings (SSSR count). The van der Waals surface area contributed by atoms with Gasteiger partial charge in [0.25, 0.3) is 0 Å². The third kappa shape index (κ3) is 8.50. The number of allylic oxidation sites excluding steroid dienone is 1. The average molecular weight is 412 g/mol. The molecule has 0 aliphatic carbocycles. The van der Waals surface area contributed by atoms with Gasteiger partial charge in [0, 0.05) is 18.4 Å². The van der Waals surface area contributed by atoms with Crippen LogP contribution in [0.4, 0.5) is 4.39 Å². The van der Waals surface area contributed by atoms with Crippen molar-refractivity contribution >= 4 is 6.08 Å². The van der Waals surface area contributed by atoms with Crippen molar-refractivity contribution in [1.82, 2.24) is 4.98 Å². The fourth-order valence-corrected chi connectivity index (χ4v) is 3.06. The molecular formula is C26H34FNO2. The summed E-state index contributed by atoms with van der Waals surface area (Å²) in [6.45, 7) is 9.07. The van der Waals surface area contributed by atoms with E-state index in [1.165, 1.54) is 18.9 Å². The van der Waals surface area contributed by atoms with Crippen LogP contribution in [0.25, 0.3) is 17.3 Å². The molecule has 1 unspecified atom stereocenters. The van der Waals surface area contributed by atoms with E-state index in [1.54, 1.807) is 12.1 Å². The molecule has 1 atom stereocenters. The minimum atomic E-state index is -0.399. The van der Waals surface area contributed by atoms with E-state index in [1.807, 2.05) is 24.4 Å². The number of pyridine rings is 1. The van der Waals surface area contributed by atoms with Gasteiger partial charge < -0.3 is 9.47 Å². The monoisotopic (exact) mass is 411 g/mol. The Morgan fingerprint density at radius 1 is 1.17 bits per heavy atom. The van der Waals surface area contributed by atoms with E-state index in [0.29, 0.717) is 6.10 Å². The summed E-state index contributed by atoms with van der Waals surface area (Å²) < 4.78 is 25.2. The van der Waals surface area contributed by atoms with E-state index >= 15 is 0 Å². The molecule has 2 aromatic rings. The smallest absolute Gasteiger partial charge is 0.165 e. The first-order valence-corrected chi connectivity index (χ1v) is 10.9. The van der Waals surface area contributed by atoms with Gasteiger partial charge in [0.15, 0.2) is 11.6 Å². The van der Waals surface area contributed by atoms with Crippen LogP contribution < -0.4 is 4.74 Å². The third-order valence-corrected chi connectivity index (χ3v) is 4.81. The van der Waals surface area contributed by atoms with Crippen LogP contribution in [0.1, 0.15) is 57.9 Å². The number of benzene rings is 1. The summed E-state index contributed by atoms with van der Waals surface area (Å²) in [4.78, 5) is 4.46. The summed E-state index contributed by atoms with van der Waals surface area (Å²) in [5, 5.41) is 0. The summed E-state index contributed by atoms with van der Waals surface area (Å²) in [6.07, 6.45) is 14.8. The van der Waals surface area contributed by atoms with Gasteiger partial charge in [0.2, 0.25) is 0 Å². The standard InChI is InChI=1S/C26H34FNO2/c1-4-6-10-18-29-21(3)11-8-7-9-12-22-13-15-25(28-20-22)23-14-16-26(24(27)19-23)30-17-5-2/h5,9,12-16,19-21H,2,4,6-8,10-11,17-18H2,1,3H3/b12-9+. The number of ether oxygens (including phenoxy) is 2. The maximum atomic E-state index is 14.1. The van der Waals surface area contributed by atoms with Gasteiger partial charge in [-0.15, -0.1) is 0 Å². The Labute approximate surface area is 180 Å². The largest absolute Gasteiger partial charge is 0.486 e. The van der Waals surface area contributed by atoms with Crippen molar-refractivity contribution in [2.75, 3.05) is 13.2 Å². The van der Waals surface area contributed by atoms with Crippen LogP contribution >= 0.6 is 0 Å². The van der Waals surface area contributed by atoms with Crippen LogP contribution in [0.3, 0.4) is 0 Å². The van der Waals surface area contributed by atoms with E-state index in [2.05, 4.69) is 37.6 Å². The summed E-state index contributed by atoms with van der Waals surface area (Å²) in [5.41, 5.74) is 2.49. The second-order valence-electron chi connectivity index (χ2n) is 7.44. The lowest BCUT2D eigenvalue weighted by Gasteiger charge is -2.11. The fourth-order valence-electron chi connectivity index (χ4n) is 3.06. The van der Waals surface area contributed by atoms with Gasteiger partial charge in [-0.25, -0.2) is 4.39 Å². The van der Waals surface area contributed by atoms with Crippen molar-refractivity contribution in [3.8, 4) is 17.0 Å². The molecule has 0 saturated carbocycles. The Morgan fingerprint density at radius 3 is 2.73 bits per heavy atom. The van der Waals surface area contributed by atoms with Crippen molar-refractivity contribution in [2.24, 2.45) is 0 Å². The number of unbranched alkanes of at least 4 members (excludes halogenated alkanes) is 3. The fraction of sp³-hybridized carbons (Fsp3) is 0.423. The van der Waals surface area contributed by atoms with Crippen LogP contribution in [0.15, 0.2) is 55.3 Å². The lowest BCUT2D eigenvalue weighted by atomic mass is 10.1. The van der Waals surface area contributed by atoms with E-state index in [0.717, 1.165) is 49.1 Å². The van der Waals surface area contributed by atoms with Crippen molar-refractivity contribution in [2.45, 2.75) is 58.5 Å². The van der Waals surface area contributed by atoms with Crippen molar-refractivity contribution in [3.05, 3.63) is 66.6 Å². The molecule has 1 aromatic carbocycles. The number of halogens is 1. The summed E-state index contributed by atoms with van der Waals surface area (Å²) in [5.74, 6) is -0.178. The van der Waals surface area contributed by atoms with Gasteiger partial charge in [0.05, 0.1) is 11.8 Å². The lowest BCUT2D eigenvalue weighted by molar-refractivity contribution is 0.0566. The molecule has 0 amide bonds. The predicted molar refractivity (Wildman–Crippen MR) is 123 cm³/mol. The average Bonchev–Trinajstić information content (AvgIpc) is 2.76. The SMILES string of the molecule is C=CCOc1ccc(-c2ccc(/C=C/CCCC(C)OCCCCC)cn2)cc1F. The number of aromatic nitrogens is 1. The predicted octanol–water partition coefficient (Wildman–Crippen LogP) is 7.23. The van der Waals surface area contributed by atoms with Crippen LogP contribution in [-0.4, -0.2) is 24.3 Å². The van der Waals surface area contributed by atoms with E-state index in [-0.39, 0.29) is 12.4 Å². The second-order valence-corrected chi connectivity index (χ2v) is 7.44. The zero-order chi connectivity index (χ0) is 21.6. The molecule has 0 aliphatic rings. The maximum Gasteiger partial charge on any atom is 0.165 e. The molecule has 1 heterocycles. The lowest BCUT2D eigenvalue weighted by Crippen LogP contribution is -2.08. The topological polar surface area (TPSA) is 31.4 Å². The molecule has 0 fully saturated rings. The van der Waals surface area contributed by atoms with E-state index in [9.17, 15) is 4.39 Å². The van der Waals surface area contributed by atoms with Crippen LogP contribution in [0.5, 0.6) is 5.75 Å². The Kier molecular flexibility index (Phi) is 10.9. The molecule has 0 saturated heterocycles. The first-order valence-electron chi connectivity index (χ1n) is 10.9. The first-order chi connectivity index (χ1) is 14.6. The highest BCUT2D eigenvalue weighted by Crippen LogP contribution is 2.24. The summed E-state index contributed by atoms with van der Waals surface area (Å²) in [6, 6.07) is 8.79. The van der Waals surface area contributed by atoms with Gasteiger partial charge in [0.1, 0.15) is 6.61 Å². The number of hydrogen-bond acceptors (Lipinski definition) is 3. The molecule has 3 nitrogen and oxygen atoms in total. The van der Waals surface area contributed by atoms with Gasteiger partial charge in [-0.3, -0.25) is 4.98 Å². The Hall–Kier alpha value is -2.46. The number of rotatable bonds is 14. The molecule has 0 bridgehead atoms. The van der Waals surface area contributed by atoms with Gasteiger partial charge in [-0.2, -0.15) is 0 Å². The molecule has 0 spiro atoms. The van der Waals surface area contributed by atoms with Crippen LogP contribution in [-0.2, 0) is 4.74 Å². The van der Waals surface area contributed by atoms with Gasteiger partial charge in [-0.1, -0.05) is 50.6 Å². The van der Waals surface area contributed by atoms with Gasteiger partial charge >= 0.3 is 0 Å². The molecule has 0 radical (unpaired) electrons. The first kappa shape index (κ1) is 23.8. The Balaban J connectivity index is 1.77. The maximum absolute atomic E-state index is 14.1. The molecule has 30 heavy (non-hydrogen) atoms. The summed E-state index contributed by atoms with van der Waals surface area (Å²) >= 11 is 0. The highest BCUT2D eigenvalue weighted by atomic mass is 19.1. The Morgan fingerprint density at radius 2 is 2.03 bits per heavy atom. The van der Waals surface area contributed by atoms with E-state index in [4.69, 9.17) is 9.47 Å². The van der Waals surface area contributed by atoms with Gasteiger partial charge in [-0.05, 0) is 62.4 Å². The minimum Gasteiger partial charge on any atom is -0.486 e. The third-order valence-electron chi connectivity index (χ3n) is 4.81. The van der Waals surface area contributed by atoms with Crippen molar-refractivity contribution in [1.29, 1.82) is 0 Å². The summed E-state index contributed by atoms with van der Waals surface area (Å²) in [7, 11) is 0. The molecule has 1 aromatic heterocycles. The molecular weight excluding hydrogens is 377 g/mol. The normalized spacial score (nSPS) is 12.2. The quantitative estimate of drug-likeness (QED) is 0.243. The van der Waals surface area contributed by atoms with Crippen LogP contribution in [0.2, 0.25) is 0 Å². The minimum absolute atomic E-state index is 0.221. The highest BCUT2D eigenvalue weighted by Gasteiger charge is 2.07. The zero-order valence-corrected chi connectivity index (χ0v) is 18.3. The Bertz CT molecular complexity index is 786. The molecule has 4 heteroatoms.